The van der Waals surface area contributed by atoms with Gasteiger partial charge < -0.3 is 5.11 Å². The maximum atomic E-state index is 8.84. The molecule has 0 radical (unpaired) electrons. The van der Waals surface area contributed by atoms with Crippen molar-refractivity contribution in [2.24, 2.45) is 5.84 Å². The minimum absolute atomic E-state index is 0.0144. The highest BCUT2D eigenvalue weighted by Crippen LogP contribution is 2.09. The molecule has 0 aromatic heterocycles. The molecule has 1 rings (SSSR count). The Balaban J connectivity index is 2.74. The summed E-state index contributed by atoms with van der Waals surface area (Å²) in [6, 6.07) is 9.43. The van der Waals surface area contributed by atoms with Crippen LogP contribution in [-0.2, 0) is 0 Å². The number of rotatable bonds is 3. The topological polar surface area (TPSA) is 58.3 Å². The molecule has 0 unspecified atom stereocenters. The number of nitrogens with one attached hydrogen (secondary N) is 1. The zero-order valence-electron chi connectivity index (χ0n) is 6.20. The third-order valence-corrected chi connectivity index (χ3v) is 1.59. The lowest BCUT2D eigenvalue weighted by Gasteiger charge is -2.11. The van der Waals surface area contributed by atoms with E-state index in [4.69, 9.17) is 10.9 Å². The highest BCUT2D eigenvalue weighted by molar-refractivity contribution is 5.18. The molecule has 0 spiro atoms. The van der Waals surface area contributed by atoms with Crippen molar-refractivity contribution in [2.75, 3.05) is 6.61 Å². The number of aliphatic hydroxyl groups excluding tert-OH is 1. The average molecular weight is 152 g/mol. The Morgan fingerprint density at radius 3 is 2.45 bits per heavy atom. The molecule has 3 heteroatoms. The summed E-state index contributed by atoms with van der Waals surface area (Å²) in [5, 5.41) is 8.84. The van der Waals surface area contributed by atoms with E-state index in [1.165, 1.54) is 0 Å². The summed E-state index contributed by atoms with van der Waals surface area (Å²) in [4.78, 5) is 0. The molecule has 0 fully saturated rings. The predicted octanol–water partition coefficient (Wildman–Crippen LogP) is 0.183. The van der Waals surface area contributed by atoms with Gasteiger partial charge in [0.25, 0.3) is 0 Å². The first-order valence-electron chi connectivity index (χ1n) is 3.50. The Labute approximate surface area is 65.8 Å². The maximum absolute atomic E-state index is 8.84. The number of nitrogens with two attached hydrogens (primary N) is 1. The van der Waals surface area contributed by atoms with E-state index in [1.54, 1.807) is 0 Å². The van der Waals surface area contributed by atoms with Crippen molar-refractivity contribution in [3.8, 4) is 0 Å². The molecule has 3 nitrogen and oxygen atoms in total. The Morgan fingerprint density at radius 2 is 2.00 bits per heavy atom. The maximum Gasteiger partial charge on any atom is 0.0691 e. The van der Waals surface area contributed by atoms with Crippen LogP contribution < -0.4 is 11.3 Å². The van der Waals surface area contributed by atoms with Gasteiger partial charge in [0.1, 0.15) is 0 Å². The lowest BCUT2D eigenvalue weighted by atomic mass is 10.1. The Bertz CT molecular complexity index is 197. The number of hydrogen-bond donors (Lipinski definition) is 3. The molecule has 0 heterocycles. The van der Waals surface area contributed by atoms with Crippen molar-refractivity contribution in [2.45, 2.75) is 6.04 Å². The van der Waals surface area contributed by atoms with E-state index in [2.05, 4.69) is 5.43 Å². The molecule has 0 aliphatic heterocycles. The van der Waals surface area contributed by atoms with E-state index in [0.717, 1.165) is 5.56 Å². The van der Waals surface area contributed by atoms with Crippen LogP contribution in [0.2, 0.25) is 0 Å². The third-order valence-electron chi connectivity index (χ3n) is 1.59. The standard InChI is InChI=1S/C8H12N2O/c9-10-8(6-11)7-4-2-1-3-5-7/h1-5,8,10-11H,6,9H2/t8-/m1/s1. The first kappa shape index (κ1) is 8.20. The lowest BCUT2D eigenvalue weighted by molar-refractivity contribution is 0.246. The summed E-state index contributed by atoms with van der Waals surface area (Å²) in [5.74, 6) is 5.21. The minimum Gasteiger partial charge on any atom is -0.394 e. The van der Waals surface area contributed by atoms with Gasteiger partial charge in [-0.3, -0.25) is 11.3 Å². The Kier molecular flexibility index (Phi) is 3.04. The van der Waals surface area contributed by atoms with Crippen molar-refractivity contribution < 1.29 is 5.11 Å². The van der Waals surface area contributed by atoms with Gasteiger partial charge >= 0.3 is 0 Å². The van der Waals surface area contributed by atoms with Crippen LogP contribution in [0.3, 0.4) is 0 Å². The Morgan fingerprint density at radius 1 is 1.36 bits per heavy atom. The van der Waals surface area contributed by atoms with Gasteiger partial charge in [0.15, 0.2) is 0 Å². The van der Waals surface area contributed by atoms with Gasteiger partial charge in [0.2, 0.25) is 0 Å². The van der Waals surface area contributed by atoms with E-state index < -0.39 is 0 Å². The second-order valence-electron chi connectivity index (χ2n) is 2.31. The van der Waals surface area contributed by atoms with Crippen molar-refractivity contribution >= 4 is 0 Å². The van der Waals surface area contributed by atoms with Crippen LogP contribution in [0.15, 0.2) is 30.3 Å². The molecule has 1 aromatic rings. The van der Waals surface area contributed by atoms with Crippen molar-refractivity contribution in [3.63, 3.8) is 0 Å². The van der Waals surface area contributed by atoms with E-state index in [0.29, 0.717) is 0 Å². The average Bonchev–Trinajstić information content (AvgIpc) is 2.09. The van der Waals surface area contributed by atoms with Gasteiger partial charge in [0, 0.05) is 0 Å². The second-order valence-corrected chi connectivity index (χ2v) is 2.31. The molecular formula is C8H12N2O. The quantitative estimate of drug-likeness (QED) is 0.428. The van der Waals surface area contributed by atoms with Gasteiger partial charge in [-0.25, -0.2) is 0 Å². The lowest BCUT2D eigenvalue weighted by Crippen LogP contribution is -2.30. The fourth-order valence-electron chi connectivity index (χ4n) is 0.940. The fraction of sp³-hybridized carbons (Fsp3) is 0.250. The summed E-state index contributed by atoms with van der Waals surface area (Å²) in [6.45, 7) is 0.0144. The van der Waals surface area contributed by atoms with Gasteiger partial charge in [-0.15, -0.1) is 0 Å². The summed E-state index contributed by atoms with van der Waals surface area (Å²) in [5.41, 5.74) is 3.52. The van der Waals surface area contributed by atoms with E-state index in [9.17, 15) is 0 Å². The van der Waals surface area contributed by atoms with Crippen molar-refractivity contribution in [1.29, 1.82) is 0 Å². The van der Waals surface area contributed by atoms with Gasteiger partial charge in [-0.2, -0.15) is 0 Å². The number of hydrazine groups is 1. The first-order valence-corrected chi connectivity index (χ1v) is 3.50. The molecule has 11 heavy (non-hydrogen) atoms. The van der Waals surface area contributed by atoms with Crippen LogP contribution in [0.5, 0.6) is 0 Å². The zero-order chi connectivity index (χ0) is 8.10. The molecule has 1 aromatic carbocycles. The van der Waals surface area contributed by atoms with Crippen LogP contribution in [0.1, 0.15) is 11.6 Å². The van der Waals surface area contributed by atoms with Gasteiger partial charge in [-0.1, -0.05) is 30.3 Å². The molecule has 0 aliphatic rings. The van der Waals surface area contributed by atoms with Crippen molar-refractivity contribution in [3.05, 3.63) is 35.9 Å². The van der Waals surface area contributed by atoms with Crippen LogP contribution in [0.25, 0.3) is 0 Å². The second kappa shape index (κ2) is 4.08. The smallest absolute Gasteiger partial charge is 0.0691 e. The largest absolute Gasteiger partial charge is 0.394 e. The van der Waals surface area contributed by atoms with Crippen molar-refractivity contribution in [1.82, 2.24) is 5.43 Å². The number of hydrogen-bond acceptors (Lipinski definition) is 3. The summed E-state index contributed by atoms with van der Waals surface area (Å²) < 4.78 is 0. The molecule has 0 bridgehead atoms. The molecule has 0 saturated heterocycles. The predicted molar refractivity (Wildman–Crippen MR) is 43.6 cm³/mol. The molecular weight excluding hydrogens is 140 g/mol. The van der Waals surface area contributed by atoms with Gasteiger partial charge in [-0.05, 0) is 5.56 Å². The number of benzene rings is 1. The third kappa shape index (κ3) is 2.01. The Hall–Kier alpha value is -0.900. The normalized spacial score (nSPS) is 12.9. The summed E-state index contributed by atoms with van der Waals surface area (Å²) in [6.07, 6.45) is 0. The van der Waals surface area contributed by atoms with Crippen LogP contribution >= 0.6 is 0 Å². The van der Waals surface area contributed by atoms with Crippen LogP contribution in [-0.4, -0.2) is 11.7 Å². The minimum atomic E-state index is -0.156. The van der Waals surface area contributed by atoms with E-state index >= 15 is 0 Å². The highest BCUT2D eigenvalue weighted by Gasteiger charge is 2.05. The zero-order valence-corrected chi connectivity index (χ0v) is 6.20. The van der Waals surface area contributed by atoms with Gasteiger partial charge in [0.05, 0.1) is 12.6 Å². The fourth-order valence-corrected chi connectivity index (χ4v) is 0.940. The summed E-state index contributed by atoms with van der Waals surface area (Å²) in [7, 11) is 0. The SMILES string of the molecule is NN[C@H](CO)c1ccccc1. The highest BCUT2D eigenvalue weighted by atomic mass is 16.3. The summed E-state index contributed by atoms with van der Waals surface area (Å²) >= 11 is 0. The monoisotopic (exact) mass is 152 g/mol. The molecule has 0 amide bonds. The molecule has 60 valence electrons. The van der Waals surface area contributed by atoms with Crippen LogP contribution in [0.4, 0.5) is 0 Å². The molecule has 4 N–H and O–H groups in total. The first-order chi connectivity index (χ1) is 5.38. The van der Waals surface area contributed by atoms with Crippen LogP contribution in [0, 0.1) is 0 Å². The number of aliphatic hydroxyl groups is 1. The molecule has 1 atom stereocenters. The van der Waals surface area contributed by atoms with E-state index in [-0.39, 0.29) is 12.6 Å². The molecule has 0 saturated carbocycles. The van der Waals surface area contributed by atoms with E-state index in [1.807, 2.05) is 30.3 Å². The molecule has 0 aliphatic carbocycles.